The molecule has 104 valence electrons. The second-order valence-corrected chi connectivity index (χ2v) is 6.41. The first-order valence-corrected chi connectivity index (χ1v) is 7.70. The molecule has 0 aliphatic carbocycles. The van der Waals surface area contributed by atoms with E-state index >= 15 is 0 Å². The number of hydrogen-bond donors (Lipinski definition) is 2. The van der Waals surface area contributed by atoms with Crippen molar-refractivity contribution in [2.24, 2.45) is 18.8 Å². The van der Waals surface area contributed by atoms with Crippen molar-refractivity contribution in [2.75, 3.05) is 11.5 Å². The van der Waals surface area contributed by atoms with Gasteiger partial charge in [-0.05, 0) is 25.0 Å². The van der Waals surface area contributed by atoms with Crippen LogP contribution in [0.3, 0.4) is 0 Å². The Morgan fingerprint density at radius 3 is 2.56 bits per heavy atom. The number of aromatic nitrogens is 2. The third kappa shape index (κ3) is 4.46. The average Bonchev–Trinajstić information content (AvgIpc) is 2.53. The van der Waals surface area contributed by atoms with Crippen molar-refractivity contribution >= 4 is 23.4 Å². The van der Waals surface area contributed by atoms with Crippen molar-refractivity contribution in [1.29, 1.82) is 0 Å². The van der Waals surface area contributed by atoms with Crippen molar-refractivity contribution < 1.29 is 0 Å². The number of halogens is 1. The van der Waals surface area contributed by atoms with Crippen LogP contribution >= 0.6 is 23.4 Å². The van der Waals surface area contributed by atoms with Gasteiger partial charge in [-0.1, -0.05) is 25.4 Å². The second-order valence-electron chi connectivity index (χ2n) is 4.98. The van der Waals surface area contributed by atoms with Crippen LogP contribution in [-0.2, 0) is 13.5 Å². The van der Waals surface area contributed by atoms with Gasteiger partial charge < -0.3 is 0 Å². The molecule has 1 aromatic heterocycles. The van der Waals surface area contributed by atoms with Crippen LogP contribution in [0.2, 0.25) is 5.15 Å². The molecule has 6 heteroatoms. The Bertz CT molecular complexity index is 378. The minimum Gasteiger partial charge on any atom is -0.271 e. The lowest BCUT2D eigenvalue weighted by Crippen LogP contribution is -2.39. The minimum atomic E-state index is 0.231. The molecular formula is C12H23ClN4S. The summed E-state index contributed by atoms with van der Waals surface area (Å²) in [6.07, 6.45) is 0.820. The Labute approximate surface area is 119 Å². The van der Waals surface area contributed by atoms with Gasteiger partial charge in [0.15, 0.2) is 0 Å². The highest BCUT2D eigenvalue weighted by Crippen LogP contribution is 2.21. The molecule has 0 fully saturated rings. The lowest BCUT2D eigenvalue weighted by Gasteiger charge is -2.16. The summed E-state index contributed by atoms with van der Waals surface area (Å²) in [6, 6.07) is 0.231. The largest absolute Gasteiger partial charge is 0.271 e. The van der Waals surface area contributed by atoms with E-state index < -0.39 is 0 Å². The normalized spacial score (nSPS) is 13.3. The average molecular weight is 291 g/mol. The molecule has 0 saturated heterocycles. The summed E-state index contributed by atoms with van der Waals surface area (Å²) in [4.78, 5) is 0. The Morgan fingerprint density at radius 1 is 1.44 bits per heavy atom. The third-order valence-corrected chi connectivity index (χ3v) is 4.74. The molecule has 0 aromatic carbocycles. The minimum absolute atomic E-state index is 0.231. The van der Waals surface area contributed by atoms with Crippen molar-refractivity contribution in [1.82, 2.24) is 15.2 Å². The van der Waals surface area contributed by atoms with Crippen LogP contribution in [0.4, 0.5) is 0 Å². The van der Waals surface area contributed by atoms with Crippen LogP contribution < -0.4 is 11.3 Å². The van der Waals surface area contributed by atoms with E-state index in [1.807, 2.05) is 25.7 Å². The lowest BCUT2D eigenvalue weighted by atomic mass is 10.1. The van der Waals surface area contributed by atoms with E-state index in [9.17, 15) is 0 Å². The van der Waals surface area contributed by atoms with Gasteiger partial charge in [0.1, 0.15) is 5.15 Å². The fraction of sp³-hybridized carbons (Fsp3) is 0.750. The van der Waals surface area contributed by atoms with Crippen LogP contribution in [0.5, 0.6) is 0 Å². The summed E-state index contributed by atoms with van der Waals surface area (Å²) in [5, 5.41) is 5.03. The van der Waals surface area contributed by atoms with E-state index in [4.69, 9.17) is 17.4 Å². The number of hydrazine groups is 1. The van der Waals surface area contributed by atoms with Crippen LogP contribution in [-0.4, -0.2) is 27.3 Å². The molecule has 3 N–H and O–H groups in total. The van der Waals surface area contributed by atoms with Crippen LogP contribution in [0.25, 0.3) is 0 Å². The number of rotatable bonds is 7. The maximum atomic E-state index is 6.22. The molecule has 0 saturated carbocycles. The van der Waals surface area contributed by atoms with Gasteiger partial charge in [-0.3, -0.25) is 16.0 Å². The maximum Gasteiger partial charge on any atom is 0.130 e. The number of nitrogens with zero attached hydrogens (tertiary/aromatic N) is 2. The zero-order valence-electron chi connectivity index (χ0n) is 11.5. The Morgan fingerprint density at radius 2 is 2.11 bits per heavy atom. The lowest BCUT2D eigenvalue weighted by molar-refractivity contribution is 0.573. The standard InChI is InChI=1S/C12H23ClN4S/c1-8(2)6-18-7-10(15-14)5-11-9(3)16-17(4)12(11)13/h8,10,15H,5-7,14H2,1-4H3. The smallest absolute Gasteiger partial charge is 0.130 e. The molecular weight excluding hydrogens is 268 g/mol. The fourth-order valence-corrected chi connectivity index (χ4v) is 3.12. The number of nitrogens with one attached hydrogen (secondary N) is 1. The first-order chi connectivity index (χ1) is 8.45. The first-order valence-electron chi connectivity index (χ1n) is 6.17. The van der Waals surface area contributed by atoms with Gasteiger partial charge in [-0.25, -0.2) is 0 Å². The van der Waals surface area contributed by atoms with E-state index in [2.05, 4.69) is 24.4 Å². The van der Waals surface area contributed by atoms with Crippen LogP contribution in [0.1, 0.15) is 25.1 Å². The molecule has 0 spiro atoms. The maximum absolute atomic E-state index is 6.22. The number of hydrogen-bond acceptors (Lipinski definition) is 4. The molecule has 1 heterocycles. The Kier molecular flexibility index (Phi) is 6.49. The predicted molar refractivity (Wildman–Crippen MR) is 79.9 cm³/mol. The molecule has 1 atom stereocenters. The van der Waals surface area contributed by atoms with E-state index in [-0.39, 0.29) is 6.04 Å². The summed E-state index contributed by atoms with van der Waals surface area (Å²) in [5.74, 6) is 8.45. The fourth-order valence-electron chi connectivity index (χ4n) is 1.76. The van der Waals surface area contributed by atoms with E-state index in [0.717, 1.165) is 29.2 Å². The molecule has 0 radical (unpaired) electrons. The van der Waals surface area contributed by atoms with Gasteiger partial charge in [0.05, 0.1) is 5.69 Å². The molecule has 0 amide bonds. The third-order valence-electron chi connectivity index (χ3n) is 2.73. The van der Waals surface area contributed by atoms with Gasteiger partial charge >= 0.3 is 0 Å². The number of thioether (sulfide) groups is 1. The SMILES string of the molecule is Cc1nn(C)c(Cl)c1CC(CSCC(C)C)NN. The summed E-state index contributed by atoms with van der Waals surface area (Å²) in [5.41, 5.74) is 4.94. The zero-order chi connectivity index (χ0) is 13.7. The zero-order valence-corrected chi connectivity index (χ0v) is 13.1. The molecule has 1 rings (SSSR count). The van der Waals surface area contributed by atoms with Crippen LogP contribution in [0, 0.1) is 12.8 Å². The number of aryl methyl sites for hydroxylation is 2. The van der Waals surface area contributed by atoms with Gasteiger partial charge in [0.25, 0.3) is 0 Å². The summed E-state index contributed by atoms with van der Waals surface area (Å²) >= 11 is 8.14. The van der Waals surface area contributed by atoms with Crippen molar-refractivity contribution in [3.63, 3.8) is 0 Å². The van der Waals surface area contributed by atoms with Crippen molar-refractivity contribution in [3.05, 3.63) is 16.4 Å². The Hall–Kier alpha value is -0.230. The van der Waals surface area contributed by atoms with E-state index in [1.54, 1.807) is 4.68 Å². The highest BCUT2D eigenvalue weighted by atomic mass is 35.5. The van der Waals surface area contributed by atoms with E-state index in [0.29, 0.717) is 11.1 Å². The molecule has 1 unspecified atom stereocenters. The molecule has 0 aliphatic heterocycles. The molecule has 1 aromatic rings. The summed E-state index contributed by atoms with van der Waals surface area (Å²) in [6.45, 7) is 6.43. The predicted octanol–water partition coefficient (Wildman–Crippen LogP) is 2.15. The quantitative estimate of drug-likeness (QED) is 0.597. The molecule has 18 heavy (non-hydrogen) atoms. The Balaban J connectivity index is 2.57. The monoisotopic (exact) mass is 290 g/mol. The number of nitrogens with two attached hydrogens (primary N) is 1. The second kappa shape index (κ2) is 7.38. The van der Waals surface area contributed by atoms with Gasteiger partial charge in [-0.2, -0.15) is 16.9 Å². The van der Waals surface area contributed by atoms with Gasteiger partial charge in [-0.15, -0.1) is 0 Å². The van der Waals surface area contributed by atoms with Crippen molar-refractivity contribution in [3.8, 4) is 0 Å². The molecule has 4 nitrogen and oxygen atoms in total. The van der Waals surface area contributed by atoms with Gasteiger partial charge in [0.2, 0.25) is 0 Å². The molecule has 0 aliphatic rings. The first kappa shape index (κ1) is 15.8. The highest BCUT2D eigenvalue weighted by Gasteiger charge is 2.16. The summed E-state index contributed by atoms with van der Waals surface area (Å²) < 4.78 is 1.71. The summed E-state index contributed by atoms with van der Waals surface area (Å²) in [7, 11) is 1.86. The topological polar surface area (TPSA) is 55.9 Å². The van der Waals surface area contributed by atoms with E-state index in [1.165, 1.54) is 0 Å². The van der Waals surface area contributed by atoms with Gasteiger partial charge in [0, 0.05) is 24.4 Å². The molecule has 0 bridgehead atoms. The van der Waals surface area contributed by atoms with Crippen molar-refractivity contribution in [2.45, 2.75) is 33.2 Å². The highest BCUT2D eigenvalue weighted by molar-refractivity contribution is 7.99. The van der Waals surface area contributed by atoms with Crippen LogP contribution in [0.15, 0.2) is 0 Å².